The number of benzene rings is 3. The molecule has 4 aromatic rings. The van der Waals surface area contributed by atoms with Crippen molar-refractivity contribution in [3.05, 3.63) is 116 Å². The lowest BCUT2D eigenvalue weighted by atomic mass is 10.1. The smallest absolute Gasteiger partial charge is 0.329 e. The van der Waals surface area contributed by atoms with Crippen LogP contribution in [0.3, 0.4) is 0 Å². The van der Waals surface area contributed by atoms with E-state index < -0.39 is 28.8 Å². The van der Waals surface area contributed by atoms with Gasteiger partial charge < -0.3 is 9.80 Å². The minimum Gasteiger partial charge on any atom is -0.335 e. The molecule has 0 atom stereocenters. The summed E-state index contributed by atoms with van der Waals surface area (Å²) in [5, 5.41) is 0.000863. The van der Waals surface area contributed by atoms with Crippen LogP contribution in [0.1, 0.15) is 26.3 Å². The van der Waals surface area contributed by atoms with Crippen molar-refractivity contribution in [2.45, 2.75) is 6.54 Å². The molecular formula is C27H22F2N4O4. The van der Waals surface area contributed by atoms with E-state index in [9.17, 15) is 28.0 Å². The Bertz CT molecular complexity index is 1620. The molecule has 1 fully saturated rings. The lowest BCUT2D eigenvalue weighted by Crippen LogP contribution is -2.50. The van der Waals surface area contributed by atoms with Crippen LogP contribution >= 0.6 is 0 Å². The van der Waals surface area contributed by atoms with Gasteiger partial charge in [-0.05, 0) is 48.0 Å². The fourth-order valence-corrected chi connectivity index (χ4v) is 4.49. The van der Waals surface area contributed by atoms with E-state index in [0.29, 0.717) is 24.2 Å². The SMILES string of the molecule is O=C(c1ccccc1)N1CCN(C(=O)c2cc(Cn3c(=O)[nH]c(=O)c4cc(F)ccc43)ccc2F)CC1. The number of carbonyl (C=O) groups is 2. The summed E-state index contributed by atoms with van der Waals surface area (Å²) in [6, 6.07) is 16.3. The Hall–Kier alpha value is -4.60. The number of piperazine rings is 1. The van der Waals surface area contributed by atoms with E-state index in [1.807, 2.05) is 6.07 Å². The Kier molecular flexibility index (Phi) is 6.39. The van der Waals surface area contributed by atoms with Crippen LogP contribution in [-0.2, 0) is 6.54 Å². The van der Waals surface area contributed by atoms with Crippen LogP contribution in [0.2, 0.25) is 0 Å². The molecule has 0 bridgehead atoms. The number of fused-ring (bicyclic) bond motifs is 1. The molecule has 10 heteroatoms. The highest BCUT2D eigenvalue weighted by Crippen LogP contribution is 2.18. The van der Waals surface area contributed by atoms with Gasteiger partial charge in [0.15, 0.2) is 0 Å². The zero-order valence-corrected chi connectivity index (χ0v) is 19.6. The molecular weight excluding hydrogens is 482 g/mol. The number of H-pyrrole nitrogens is 1. The molecule has 0 unspecified atom stereocenters. The van der Waals surface area contributed by atoms with Gasteiger partial charge >= 0.3 is 5.69 Å². The molecule has 2 amide bonds. The number of rotatable bonds is 4. The summed E-state index contributed by atoms with van der Waals surface area (Å²) in [6.45, 7) is 1.05. The maximum absolute atomic E-state index is 14.7. The van der Waals surface area contributed by atoms with Crippen molar-refractivity contribution in [3.63, 3.8) is 0 Å². The Morgan fingerprint density at radius 2 is 1.49 bits per heavy atom. The maximum atomic E-state index is 14.7. The first-order valence-corrected chi connectivity index (χ1v) is 11.7. The first kappa shape index (κ1) is 24.1. The number of hydrogen-bond acceptors (Lipinski definition) is 4. The Morgan fingerprint density at radius 3 is 2.19 bits per heavy atom. The molecule has 3 aromatic carbocycles. The maximum Gasteiger partial charge on any atom is 0.329 e. The average Bonchev–Trinajstić information content (AvgIpc) is 2.92. The summed E-state index contributed by atoms with van der Waals surface area (Å²) in [4.78, 5) is 55.7. The number of hydrogen-bond donors (Lipinski definition) is 1. The highest BCUT2D eigenvalue weighted by atomic mass is 19.1. The van der Waals surface area contributed by atoms with Crippen molar-refractivity contribution < 1.29 is 18.4 Å². The van der Waals surface area contributed by atoms with Crippen LogP contribution in [0, 0.1) is 11.6 Å². The van der Waals surface area contributed by atoms with Gasteiger partial charge in [-0.15, -0.1) is 0 Å². The van der Waals surface area contributed by atoms with Crippen molar-refractivity contribution >= 4 is 22.7 Å². The minimum absolute atomic E-state index is 0.000863. The Balaban J connectivity index is 1.35. The van der Waals surface area contributed by atoms with E-state index in [4.69, 9.17) is 0 Å². The summed E-state index contributed by atoms with van der Waals surface area (Å²) in [5.74, 6) is -1.98. The second-order valence-electron chi connectivity index (χ2n) is 8.77. The number of nitrogens with zero attached hydrogens (tertiary/aromatic N) is 3. The molecule has 2 heterocycles. The van der Waals surface area contributed by atoms with Crippen LogP contribution in [0.15, 0.2) is 76.3 Å². The van der Waals surface area contributed by atoms with Gasteiger partial charge in [-0.3, -0.25) is 23.9 Å². The van der Waals surface area contributed by atoms with Crippen LogP contribution in [0.5, 0.6) is 0 Å². The molecule has 37 heavy (non-hydrogen) atoms. The van der Waals surface area contributed by atoms with E-state index in [2.05, 4.69) is 4.98 Å². The van der Waals surface area contributed by atoms with E-state index >= 15 is 0 Å². The third-order valence-electron chi connectivity index (χ3n) is 6.44. The van der Waals surface area contributed by atoms with E-state index in [-0.39, 0.29) is 42.0 Å². The molecule has 1 saturated heterocycles. The molecule has 0 aliphatic carbocycles. The normalized spacial score (nSPS) is 13.7. The highest BCUT2D eigenvalue weighted by Gasteiger charge is 2.27. The van der Waals surface area contributed by atoms with Gasteiger partial charge in [-0.1, -0.05) is 24.3 Å². The summed E-state index contributed by atoms with van der Waals surface area (Å²) >= 11 is 0. The van der Waals surface area contributed by atoms with Crippen LogP contribution < -0.4 is 11.2 Å². The molecule has 8 nitrogen and oxygen atoms in total. The van der Waals surface area contributed by atoms with Crippen LogP contribution in [-0.4, -0.2) is 57.3 Å². The van der Waals surface area contributed by atoms with Crippen molar-refractivity contribution in [1.29, 1.82) is 0 Å². The highest BCUT2D eigenvalue weighted by molar-refractivity contribution is 5.96. The lowest BCUT2D eigenvalue weighted by molar-refractivity contribution is 0.0532. The quantitative estimate of drug-likeness (QED) is 0.462. The van der Waals surface area contributed by atoms with E-state index in [1.54, 1.807) is 29.2 Å². The minimum atomic E-state index is -0.712. The summed E-state index contributed by atoms with van der Waals surface area (Å²) in [6.07, 6.45) is 0. The molecule has 0 radical (unpaired) electrons. The molecule has 0 spiro atoms. The molecule has 1 N–H and O–H groups in total. The third kappa shape index (κ3) is 4.77. The second kappa shape index (κ2) is 9.81. The first-order valence-electron chi connectivity index (χ1n) is 11.7. The summed E-state index contributed by atoms with van der Waals surface area (Å²) < 4.78 is 29.6. The van der Waals surface area contributed by atoms with Gasteiger partial charge in [0.2, 0.25) is 0 Å². The largest absolute Gasteiger partial charge is 0.335 e. The van der Waals surface area contributed by atoms with Crippen molar-refractivity contribution in [1.82, 2.24) is 19.4 Å². The van der Waals surface area contributed by atoms with Crippen molar-refractivity contribution in [2.24, 2.45) is 0 Å². The number of nitrogens with one attached hydrogen (secondary N) is 1. The monoisotopic (exact) mass is 504 g/mol. The number of carbonyl (C=O) groups excluding carboxylic acids is 2. The van der Waals surface area contributed by atoms with Gasteiger partial charge in [0, 0.05) is 31.7 Å². The van der Waals surface area contributed by atoms with Gasteiger partial charge in [0.1, 0.15) is 11.6 Å². The number of aromatic amines is 1. The molecule has 0 saturated carbocycles. The zero-order chi connectivity index (χ0) is 26.1. The Labute approximate surface area is 209 Å². The van der Waals surface area contributed by atoms with Gasteiger partial charge in [-0.25, -0.2) is 13.6 Å². The number of aromatic nitrogens is 2. The molecule has 1 aromatic heterocycles. The van der Waals surface area contributed by atoms with Crippen molar-refractivity contribution in [2.75, 3.05) is 26.2 Å². The fourth-order valence-electron chi connectivity index (χ4n) is 4.49. The summed E-state index contributed by atoms with van der Waals surface area (Å²) in [5.41, 5.74) is -0.355. The van der Waals surface area contributed by atoms with Gasteiger partial charge in [-0.2, -0.15) is 0 Å². The predicted molar refractivity (Wildman–Crippen MR) is 133 cm³/mol. The number of halogens is 2. The predicted octanol–water partition coefficient (Wildman–Crippen LogP) is 2.61. The molecule has 1 aliphatic rings. The van der Waals surface area contributed by atoms with E-state index in [1.165, 1.54) is 27.7 Å². The fraction of sp³-hybridized carbons (Fsp3) is 0.185. The topological polar surface area (TPSA) is 95.5 Å². The zero-order valence-electron chi connectivity index (χ0n) is 19.6. The summed E-state index contributed by atoms with van der Waals surface area (Å²) in [7, 11) is 0. The van der Waals surface area contributed by atoms with Crippen LogP contribution in [0.4, 0.5) is 8.78 Å². The van der Waals surface area contributed by atoms with Gasteiger partial charge in [0.25, 0.3) is 17.4 Å². The van der Waals surface area contributed by atoms with Crippen molar-refractivity contribution in [3.8, 4) is 0 Å². The molecule has 188 valence electrons. The standard InChI is InChI=1S/C27H22F2N4O4/c28-19-7-9-23-21(15-19)24(34)30-27(37)33(23)16-17-6-8-22(29)20(14-17)26(36)32-12-10-31(11-13-32)25(35)18-4-2-1-3-5-18/h1-9,14-15H,10-13,16H2,(H,30,34,37). The average molecular weight is 504 g/mol. The first-order chi connectivity index (χ1) is 17.8. The van der Waals surface area contributed by atoms with Crippen LogP contribution in [0.25, 0.3) is 10.9 Å². The number of amides is 2. The second-order valence-corrected chi connectivity index (χ2v) is 8.77. The van der Waals surface area contributed by atoms with Gasteiger partial charge in [0.05, 0.1) is 23.0 Å². The molecule has 5 rings (SSSR count). The molecule has 1 aliphatic heterocycles. The Morgan fingerprint density at radius 1 is 0.811 bits per heavy atom. The van der Waals surface area contributed by atoms with E-state index in [0.717, 1.165) is 18.2 Å². The third-order valence-corrected chi connectivity index (χ3v) is 6.44. The lowest BCUT2D eigenvalue weighted by Gasteiger charge is -2.35.